The summed E-state index contributed by atoms with van der Waals surface area (Å²) in [5.74, 6) is 1.38. The molecule has 2 N–H and O–H groups in total. The van der Waals surface area contributed by atoms with Crippen LogP contribution in [0, 0.1) is 5.92 Å². The van der Waals surface area contributed by atoms with Gasteiger partial charge in [0, 0.05) is 29.8 Å². The first kappa shape index (κ1) is 16.8. The predicted octanol–water partition coefficient (Wildman–Crippen LogP) is 2.47. The maximum absolute atomic E-state index is 11.6. The van der Waals surface area contributed by atoms with Crippen molar-refractivity contribution in [1.29, 1.82) is 0 Å². The van der Waals surface area contributed by atoms with Crippen LogP contribution >= 0.6 is 11.8 Å². The minimum atomic E-state index is -3.05. The highest BCUT2D eigenvalue weighted by Crippen LogP contribution is 2.28. The Morgan fingerprint density at radius 1 is 1.48 bits per heavy atom. The van der Waals surface area contributed by atoms with Crippen LogP contribution in [0.2, 0.25) is 0 Å². The number of benzene rings is 1. The molecule has 4 nitrogen and oxygen atoms in total. The molecule has 1 aromatic rings. The van der Waals surface area contributed by atoms with Crippen LogP contribution in [-0.2, 0) is 10.0 Å². The van der Waals surface area contributed by atoms with Crippen LogP contribution in [0.3, 0.4) is 0 Å². The minimum Gasteiger partial charge on any atom is -0.324 e. The summed E-state index contributed by atoms with van der Waals surface area (Å²) in [5.41, 5.74) is 7.05. The highest BCUT2D eigenvalue weighted by Gasteiger charge is 2.25. The highest BCUT2D eigenvalue weighted by molar-refractivity contribution is 7.99. The number of hydrogen-bond donors (Lipinski definition) is 1. The van der Waals surface area contributed by atoms with Crippen LogP contribution in [-0.4, -0.2) is 37.8 Å². The number of sulfonamides is 1. The van der Waals surface area contributed by atoms with E-state index in [1.54, 1.807) is 16.1 Å². The number of nitrogens with zero attached hydrogens (tertiary/aromatic N) is 1. The Hall–Kier alpha value is -0.560. The van der Waals surface area contributed by atoms with Gasteiger partial charge in [0.2, 0.25) is 10.0 Å². The van der Waals surface area contributed by atoms with Gasteiger partial charge >= 0.3 is 0 Å². The fourth-order valence-electron chi connectivity index (χ4n) is 2.57. The molecular weight excluding hydrogens is 304 g/mol. The quantitative estimate of drug-likeness (QED) is 0.844. The molecule has 0 aromatic heterocycles. The van der Waals surface area contributed by atoms with E-state index in [1.807, 2.05) is 19.1 Å². The number of hydrogen-bond acceptors (Lipinski definition) is 4. The highest BCUT2D eigenvalue weighted by atomic mass is 32.2. The summed E-state index contributed by atoms with van der Waals surface area (Å²) in [6, 6.07) is 8.34. The monoisotopic (exact) mass is 328 g/mol. The Bertz CT molecular complexity index is 573. The average molecular weight is 329 g/mol. The Morgan fingerprint density at radius 2 is 2.24 bits per heavy atom. The lowest BCUT2D eigenvalue weighted by molar-refractivity contribution is 0.286. The lowest BCUT2D eigenvalue weighted by Crippen LogP contribution is -2.39. The molecule has 1 heterocycles. The Morgan fingerprint density at radius 3 is 2.90 bits per heavy atom. The third kappa shape index (κ3) is 4.98. The van der Waals surface area contributed by atoms with Crippen LogP contribution in [0.5, 0.6) is 0 Å². The van der Waals surface area contributed by atoms with Gasteiger partial charge in [-0.25, -0.2) is 12.7 Å². The molecule has 2 unspecified atom stereocenters. The van der Waals surface area contributed by atoms with Crippen molar-refractivity contribution in [2.75, 3.05) is 25.1 Å². The zero-order valence-corrected chi connectivity index (χ0v) is 14.3. The predicted molar refractivity (Wildman–Crippen MR) is 88.9 cm³/mol. The Balaban J connectivity index is 1.92. The first-order valence-electron chi connectivity index (χ1n) is 7.29. The van der Waals surface area contributed by atoms with Gasteiger partial charge in [0.15, 0.2) is 0 Å². The summed E-state index contributed by atoms with van der Waals surface area (Å²) >= 11 is 1.79. The van der Waals surface area contributed by atoms with Gasteiger partial charge in [-0.2, -0.15) is 0 Å². The molecular formula is C15H24N2O2S2. The SMILES string of the molecule is CC(N)c1cccc(SCC2CCCN(S(C)(=O)=O)C2)c1. The third-order valence-corrected chi connectivity index (χ3v) is 6.32. The molecule has 0 radical (unpaired) electrons. The van der Waals surface area contributed by atoms with E-state index in [0.717, 1.165) is 24.2 Å². The van der Waals surface area contributed by atoms with Crippen molar-refractivity contribution >= 4 is 21.8 Å². The van der Waals surface area contributed by atoms with Crippen molar-refractivity contribution in [2.24, 2.45) is 11.7 Å². The van der Waals surface area contributed by atoms with Crippen molar-refractivity contribution in [3.05, 3.63) is 29.8 Å². The van der Waals surface area contributed by atoms with Crippen LogP contribution in [0.4, 0.5) is 0 Å². The van der Waals surface area contributed by atoms with E-state index in [4.69, 9.17) is 5.73 Å². The van der Waals surface area contributed by atoms with Crippen LogP contribution in [0.15, 0.2) is 29.2 Å². The standard InChI is InChI=1S/C15H24N2O2S2/c1-12(16)14-6-3-7-15(9-14)20-11-13-5-4-8-17(10-13)21(2,18)19/h3,6-7,9,12-13H,4-5,8,10-11,16H2,1-2H3. The fourth-order valence-corrected chi connectivity index (χ4v) is 4.60. The van der Waals surface area contributed by atoms with Gasteiger partial charge in [-0.05, 0) is 43.4 Å². The molecule has 1 fully saturated rings. The molecule has 0 bridgehead atoms. The first-order valence-corrected chi connectivity index (χ1v) is 10.1. The molecule has 2 atom stereocenters. The average Bonchev–Trinajstić information content (AvgIpc) is 2.45. The van der Waals surface area contributed by atoms with E-state index in [9.17, 15) is 8.42 Å². The Labute approximate surface area is 132 Å². The van der Waals surface area contributed by atoms with Gasteiger partial charge in [0.25, 0.3) is 0 Å². The minimum absolute atomic E-state index is 0.0426. The van der Waals surface area contributed by atoms with E-state index in [0.29, 0.717) is 19.0 Å². The molecule has 0 aliphatic carbocycles. The Kier molecular flexibility index (Phi) is 5.71. The second kappa shape index (κ2) is 7.13. The van der Waals surface area contributed by atoms with E-state index < -0.39 is 10.0 Å². The molecule has 1 aliphatic rings. The van der Waals surface area contributed by atoms with Crippen LogP contribution < -0.4 is 5.73 Å². The molecule has 0 spiro atoms. The van der Waals surface area contributed by atoms with Crippen molar-refractivity contribution < 1.29 is 8.42 Å². The van der Waals surface area contributed by atoms with Crippen molar-refractivity contribution in [2.45, 2.75) is 30.7 Å². The molecule has 1 saturated heterocycles. The van der Waals surface area contributed by atoms with Crippen molar-refractivity contribution in [3.8, 4) is 0 Å². The van der Waals surface area contributed by atoms with E-state index in [2.05, 4.69) is 12.1 Å². The second-order valence-corrected chi connectivity index (χ2v) is 8.88. The van der Waals surface area contributed by atoms with E-state index >= 15 is 0 Å². The zero-order valence-electron chi connectivity index (χ0n) is 12.7. The van der Waals surface area contributed by atoms with E-state index in [1.165, 1.54) is 11.2 Å². The maximum atomic E-state index is 11.6. The first-order chi connectivity index (χ1) is 9.86. The van der Waals surface area contributed by atoms with Gasteiger partial charge in [0.1, 0.15) is 0 Å². The van der Waals surface area contributed by atoms with Crippen LogP contribution in [0.25, 0.3) is 0 Å². The van der Waals surface area contributed by atoms with Gasteiger partial charge in [-0.15, -0.1) is 11.8 Å². The number of nitrogens with two attached hydrogens (primary N) is 1. The normalized spacial score (nSPS) is 22.1. The van der Waals surface area contributed by atoms with Crippen molar-refractivity contribution in [3.63, 3.8) is 0 Å². The smallest absolute Gasteiger partial charge is 0.211 e. The summed E-state index contributed by atoms with van der Waals surface area (Å²) in [6.07, 6.45) is 3.36. The molecule has 0 amide bonds. The summed E-state index contributed by atoms with van der Waals surface area (Å²) in [7, 11) is -3.05. The number of piperidine rings is 1. The van der Waals surface area contributed by atoms with Gasteiger partial charge in [-0.3, -0.25) is 0 Å². The molecule has 6 heteroatoms. The zero-order chi connectivity index (χ0) is 15.5. The molecule has 2 rings (SSSR count). The summed E-state index contributed by atoms with van der Waals surface area (Å²) in [5, 5.41) is 0. The van der Waals surface area contributed by atoms with Gasteiger partial charge < -0.3 is 5.73 Å². The topological polar surface area (TPSA) is 63.4 Å². The number of thioether (sulfide) groups is 1. The van der Waals surface area contributed by atoms with Crippen molar-refractivity contribution in [1.82, 2.24) is 4.31 Å². The third-order valence-electron chi connectivity index (χ3n) is 3.82. The lowest BCUT2D eigenvalue weighted by Gasteiger charge is -2.30. The maximum Gasteiger partial charge on any atom is 0.211 e. The molecule has 1 aliphatic heterocycles. The molecule has 118 valence electrons. The second-order valence-electron chi connectivity index (χ2n) is 5.80. The summed E-state index contributed by atoms with van der Waals surface area (Å²) in [4.78, 5) is 1.21. The van der Waals surface area contributed by atoms with Gasteiger partial charge in [-0.1, -0.05) is 12.1 Å². The fraction of sp³-hybridized carbons (Fsp3) is 0.600. The molecule has 21 heavy (non-hydrogen) atoms. The van der Waals surface area contributed by atoms with E-state index in [-0.39, 0.29) is 6.04 Å². The summed E-state index contributed by atoms with van der Waals surface area (Å²) in [6.45, 7) is 3.30. The largest absolute Gasteiger partial charge is 0.324 e. The summed E-state index contributed by atoms with van der Waals surface area (Å²) < 4.78 is 24.9. The van der Waals surface area contributed by atoms with Gasteiger partial charge in [0.05, 0.1) is 6.26 Å². The lowest BCUT2D eigenvalue weighted by atomic mass is 10.0. The number of rotatable bonds is 5. The van der Waals surface area contributed by atoms with Crippen LogP contribution in [0.1, 0.15) is 31.4 Å². The molecule has 1 aromatic carbocycles. The molecule has 0 saturated carbocycles.